The molecule has 3 aromatic rings. The van der Waals surface area contributed by atoms with E-state index >= 15 is 0 Å². The van der Waals surface area contributed by atoms with Crippen molar-refractivity contribution in [2.45, 2.75) is 17.7 Å². The van der Waals surface area contributed by atoms with E-state index in [2.05, 4.69) is 15.5 Å². The molecule has 0 bridgehead atoms. The zero-order valence-corrected chi connectivity index (χ0v) is 17.9. The second-order valence-electron chi connectivity index (χ2n) is 6.83. The van der Waals surface area contributed by atoms with Crippen LogP contribution in [0.15, 0.2) is 76.1 Å². The van der Waals surface area contributed by atoms with Crippen LogP contribution in [0, 0.1) is 0 Å². The number of benzene rings is 2. The minimum atomic E-state index is -3.39. The van der Waals surface area contributed by atoms with Gasteiger partial charge in [-0.3, -0.25) is 5.43 Å². The number of nitrogens with one attached hydrogen (secondary N) is 1. The van der Waals surface area contributed by atoms with Crippen molar-refractivity contribution >= 4 is 38.8 Å². The molecule has 1 aliphatic heterocycles. The Hall–Kier alpha value is -2.81. The second-order valence-corrected chi connectivity index (χ2v) is 9.63. The number of thiazole rings is 1. The molecule has 6 nitrogen and oxygen atoms in total. The molecule has 4 rings (SSSR count). The third kappa shape index (κ3) is 4.84. The minimum Gasteiger partial charge on any atom is -0.253 e. The highest BCUT2D eigenvalue weighted by Crippen LogP contribution is 2.27. The molecule has 154 valence electrons. The third-order valence-corrected chi connectivity index (χ3v) is 7.43. The van der Waals surface area contributed by atoms with E-state index in [1.165, 1.54) is 11.3 Å². The first kappa shape index (κ1) is 20.5. The molecule has 0 aliphatic carbocycles. The zero-order chi connectivity index (χ0) is 20.8. The Morgan fingerprint density at radius 3 is 2.50 bits per heavy atom. The van der Waals surface area contributed by atoms with Gasteiger partial charge in [0.15, 0.2) is 0 Å². The molecule has 1 aromatic heterocycles. The zero-order valence-electron chi connectivity index (χ0n) is 16.3. The molecule has 0 spiro atoms. The predicted molar refractivity (Wildman–Crippen MR) is 123 cm³/mol. The summed E-state index contributed by atoms with van der Waals surface area (Å²) < 4.78 is 26.8. The summed E-state index contributed by atoms with van der Waals surface area (Å²) in [4.78, 5) is 4.85. The first-order valence-electron chi connectivity index (χ1n) is 9.70. The topological polar surface area (TPSA) is 74.7 Å². The predicted octanol–water partition coefficient (Wildman–Crippen LogP) is 4.71. The van der Waals surface area contributed by atoms with Gasteiger partial charge in [0.25, 0.3) is 0 Å². The van der Waals surface area contributed by atoms with Gasteiger partial charge in [0, 0.05) is 30.2 Å². The van der Waals surface area contributed by atoms with Crippen LogP contribution < -0.4 is 5.43 Å². The van der Waals surface area contributed by atoms with E-state index in [4.69, 9.17) is 0 Å². The Kier molecular flexibility index (Phi) is 6.37. The SMILES string of the molecule is O=S(=O)(c1ccc(-c2csc(N/N=C\C=C\c3ccccc3)n2)cc1)N1CCCC1. The average molecular weight is 439 g/mol. The molecular weight excluding hydrogens is 416 g/mol. The lowest BCUT2D eigenvalue weighted by Crippen LogP contribution is -2.27. The van der Waals surface area contributed by atoms with E-state index < -0.39 is 10.0 Å². The smallest absolute Gasteiger partial charge is 0.243 e. The summed E-state index contributed by atoms with van der Waals surface area (Å²) in [5, 5.41) is 6.74. The Labute approximate surface area is 180 Å². The van der Waals surface area contributed by atoms with E-state index in [-0.39, 0.29) is 0 Å². The molecule has 2 aromatic carbocycles. The molecule has 0 amide bonds. The van der Waals surface area contributed by atoms with Crippen molar-refractivity contribution in [3.8, 4) is 11.3 Å². The van der Waals surface area contributed by atoms with E-state index in [9.17, 15) is 8.42 Å². The van der Waals surface area contributed by atoms with Crippen LogP contribution in [0.2, 0.25) is 0 Å². The van der Waals surface area contributed by atoms with Crippen molar-refractivity contribution in [2.75, 3.05) is 18.5 Å². The molecule has 0 unspecified atom stereocenters. The van der Waals surface area contributed by atoms with Crippen molar-refractivity contribution in [3.63, 3.8) is 0 Å². The summed E-state index contributed by atoms with van der Waals surface area (Å²) in [6, 6.07) is 16.9. The summed E-state index contributed by atoms with van der Waals surface area (Å²) >= 11 is 1.44. The number of anilines is 1. The molecule has 2 heterocycles. The summed E-state index contributed by atoms with van der Waals surface area (Å²) in [7, 11) is -3.39. The van der Waals surface area contributed by atoms with Gasteiger partial charge < -0.3 is 0 Å². The van der Waals surface area contributed by atoms with Gasteiger partial charge in [-0.05, 0) is 36.6 Å². The summed E-state index contributed by atoms with van der Waals surface area (Å²) in [5.74, 6) is 0. The quantitative estimate of drug-likeness (QED) is 0.428. The minimum absolute atomic E-state index is 0.330. The normalized spacial score (nSPS) is 15.3. The highest BCUT2D eigenvalue weighted by molar-refractivity contribution is 7.89. The lowest BCUT2D eigenvalue weighted by atomic mass is 10.2. The van der Waals surface area contributed by atoms with Gasteiger partial charge in [-0.2, -0.15) is 9.41 Å². The highest BCUT2D eigenvalue weighted by Gasteiger charge is 2.26. The van der Waals surface area contributed by atoms with Gasteiger partial charge >= 0.3 is 0 Å². The first-order chi connectivity index (χ1) is 14.6. The Morgan fingerprint density at radius 1 is 1.03 bits per heavy atom. The van der Waals surface area contributed by atoms with Crippen LogP contribution in [0.3, 0.4) is 0 Å². The number of hydrogen-bond donors (Lipinski definition) is 1. The van der Waals surface area contributed by atoms with Gasteiger partial charge in [-0.15, -0.1) is 11.3 Å². The molecule has 0 atom stereocenters. The van der Waals surface area contributed by atoms with E-state index in [1.54, 1.807) is 34.8 Å². The maximum Gasteiger partial charge on any atom is 0.243 e. The van der Waals surface area contributed by atoms with Gasteiger partial charge in [-0.1, -0.05) is 48.5 Å². The van der Waals surface area contributed by atoms with Crippen LogP contribution in [0.1, 0.15) is 18.4 Å². The lowest BCUT2D eigenvalue weighted by Gasteiger charge is -2.15. The standard InChI is InChI=1S/C22H22N4O2S2/c27-30(28,26-15-4-5-16-26)20-12-10-19(11-13-20)21-17-29-22(24-21)25-23-14-6-9-18-7-2-1-3-8-18/h1-3,6-14,17H,4-5,15-16H2,(H,24,25)/b9-6+,23-14-. The molecule has 30 heavy (non-hydrogen) atoms. The van der Waals surface area contributed by atoms with Gasteiger partial charge in [-0.25, -0.2) is 13.4 Å². The van der Waals surface area contributed by atoms with E-state index in [0.29, 0.717) is 23.1 Å². The van der Waals surface area contributed by atoms with Crippen LogP contribution in [-0.4, -0.2) is 37.0 Å². The summed E-state index contributed by atoms with van der Waals surface area (Å²) in [5.41, 5.74) is 5.67. The maximum absolute atomic E-state index is 12.6. The first-order valence-corrected chi connectivity index (χ1v) is 12.0. The molecule has 0 saturated carbocycles. The monoisotopic (exact) mass is 438 g/mol. The van der Waals surface area contributed by atoms with Crippen molar-refractivity contribution in [1.82, 2.24) is 9.29 Å². The molecule has 0 radical (unpaired) electrons. The highest BCUT2D eigenvalue weighted by atomic mass is 32.2. The number of rotatable bonds is 7. The Morgan fingerprint density at radius 2 is 1.77 bits per heavy atom. The Balaban J connectivity index is 1.38. The third-order valence-electron chi connectivity index (χ3n) is 4.77. The van der Waals surface area contributed by atoms with Crippen LogP contribution in [0.4, 0.5) is 5.13 Å². The van der Waals surface area contributed by atoms with Crippen molar-refractivity contribution in [1.29, 1.82) is 0 Å². The van der Waals surface area contributed by atoms with Crippen LogP contribution in [0.25, 0.3) is 17.3 Å². The van der Waals surface area contributed by atoms with E-state index in [1.807, 2.05) is 47.9 Å². The van der Waals surface area contributed by atoms with Crippen molar-refractivity contribution < 1.29 is 8.42 Å². The summed E-state index contributed by atoms with van der Waals surface area (Å²) in [6.07, 6.45) is 7.35. The molecule has 1 N–H and O–H groups in total. The largest absolute Gasteiger partial charge is 0.253 e. The lowest BCUT2D eigenvalue weighted by molar-refractivity contribution is 0.477. The van der Waals surface area contributed by atoms with Crippen LogP contribution in [-0.2, 0) is 10.0 Å². The second kappa shape index (κ2) is 9.34. The maximum atomic E-state index is 12.6. The molecule has 1 fully saturated rings. The van der Waals surface area contributed by atoms with Gasteiger partial charge in [0.2, 0.25) is 15.2 Å². The van der Waals surface area contributed by atoms with Crippen LogP contribution in [0.5, 0.6) is 0 Å². The Bertz CT molecular complexity index is 1130. The molecule has 1 aliphatic rings. The fourth-order valence-corrected chi connectivity index (χ4v) is 5.37. The number of aromatic nitrogens is 1. The number of nitrogens with zero attached hydrogens (tertiary/aromatic N) is 3. The number of hydrazone groups is 1. The number of allylic oxidation sites excluding steroid dienone is 1. The molecule has 8 heteroatoms. The molecular formula is C22H22N4O2S2. The number of sulfonamides is 1. The van der Waals surface area contributed by atoms with Crippen LogP contribution >= 0.6 is 11.3 Å². The van der Waals surface area contributed by atoms with E-state index in [0.717, 1.165) is 29.7 Å². The number of hydrogen-bond acceptors (Lipinski definition) is 6. The fourth-order valence-electron chi connectivity index (χ4n) is 3.19. The fraction of sp³-hybridized carbons (Fsp3) is 0.182. The van der Waals surface area contributed by atoms with Crippen molar-refractivity contribution in [3.05, 3.63) is 71.6 Å². The average Bonchev–Trinajstić information content (AvgIpc) is 3.47. The van der Waals surface area contributed by atoms with Gasteiger partial charge in [0.05, 0.1) is 10.6 Å². The molecule has 1 saturated heterocycles. The summed E-state index contributed by atoms with van der Waals surface area (Å²) in [6.45, 7) is 1.21. The van der Waals surface area contributed by atoms with Crippen molar-refractivity contribution in [2.24, 2.45) is 5.10 Å². The van der Waals surface area contributed by atoms with Gasteiger partial charge in [0.1, 0.15) is 0 Å².